The number of carbonyl (C=O) groups excluding carboxylic acids is 11. The number of aliphatic hydroxyl groups excluding tert-OH is 1. The third-order valence-corrected chi connectivity index (χ3v) is 16.3. The van der Waals surface area contributed by atoms with E-state index in [0.29, 0.717) is 12.8 Å². The van der Waals surface area contributed by atoms with Gasteiger partial charge in [0.25, 0.3) is 0 Å². The molecule has 1 heterocycles. The Morgan fingerprint density at radius 3 is 1.29 bits per heavy atom. The molecule has 1 fully saturated rings. The molecule has 23 nitrogen and oxygen atoms in total. The normalized spacial score (nSPS) is 26.8. The van der Waals surface area contributed by atoms with Crippen LogP contribution in [0.5, 0.6) is 0 Å². The Bertz CT molecular complexity index is 2280. The largest absolute Gasteiger partial charge is 0.390 e. The number of nitrogens with zero attached hydrogens (tertiary/aromatic N) is 7. The van der Waals surface area contributed by atoms with Crippen molar-refractivity contribution >= 4 is 65.0 Å². The molecule has 0 radical (unpaired) electrons. The Morgan fingerprint density at radius 2 is 0.847 bits per heavy atom. The van der Waals surface area contributed by atoms with Gasteiger partial charge in [-0.2, -0.15) is 0 Å². The second kappa shape index (κ2) is 35.1. The van der Waals surface area contributed by atoms with Gasteiger partial charge in [-0.05, 0) is 93.8 Å². The molecule has 23 heteroatoms. The molecule has 2 unspecified atom stereocenters. The van der Waals surface area contributed by atoms with Crippen molar-refractivity contribution in [2.24, 2.45) is 41.4 Å². The van der Waals surface area contributed by atoms with Crippen molar-refractivity contribution in [3.8, 4) is 0 Å². The van der Waals surface area contributed by atoms with E-state index >= 15 is 9.59 Å². The number of unbranched alkanes of at least 4 members (excludes halogenated alkanes) is 1. The number of amides is 11. The molecule has 0 bridgehead atoms. The number of rotatable bonds is 16. The monoisotopic (exact) mass is 1200 g/mol. The van der Waals surface area contributed by atoms with Crippen LogP contribution in [0.1, 0.15) is 169 Å². The summed E-state index contributed by atoms with van der Waals surface area (Å²) in [5, 5.41) is 23.1. The summed E-state index contributed by atoms with van der Waals surface area (Å²) in [7, 11) is 9.97. The van der Waals surface area contributed by atoms with E-state index in [1.165, 1.54) is 87.7 Å². The predicted molar refractivity (Wildman–Crippen MR) is 329 cm³/mol. The van der Waals surface area contributed by atoms with E-state index in [2.05, 4.69) is 21.3 Å². The molecular formula is C62H113N11O12. The lowest BCUT2D eigenvalue weighted by atomic mass is 9.90. The molecule has 0 aliphatic carbocycles. The van der Waals surface area contributed by atoms with Gasteiger partial charge in [0.15, 0.2) is 0 Å². The first-order valence-electron chi connectivity index (χ1n) is 31.0. The van der Waals surface area contributed by atoms with Crippen molar-refractivity contribution in [2.45, 2.75) is 236 Å². The lowest BCUT2D eigenvalue weighted by Crippen LogP contribution is -2.63. The van der Waals surface area contributed by atoms with Gasteiger partial charge in [0.1, 0.15) is 60.4 Å². The number of hydrogen-bond acceptors (Lipinski definition) is 12. The smallest absolute Gasteiger partial charge is 0.246 e. The summed E-state index contributed by atoms with van der Waals surface area (Å²) in [6.07, 6.45) is 1.20. The molecule has 0 aromatic rings. The maximum absolute atomic E-state index is 15.1. The molecule has 0 aromatic heterocycles. The van der Waals surface area contributed by atoms with E-state index in [4.69, 9.17) is 0 Å². The Balaban J connectivity index is 4.31. The Kier molecular flexibility index (Phi) is 31.8. The number of carbonyl (C=O) groups is 11. The van der Waals surface area contributed by atoms with Crippen LogP contribution < -0.4 is 21.3 Å². The summed E-state index contributed by atoms with van der Waals surface area (Å²) >= 11 is 0. The van der Waals surface area contributed by atoms with Crippen LogP contribution in [0.3, 0.4) is 0 Å². The summed E-state index contributed by atoms with van der Waals surface area (Å²) in [4.78, 5) is 169. The number of aliphatic hydroxyl groups is 1. The third kappa shape index (κ3) is 21.8. The zero-order valence-corrected chi connectivity index (χ0v) is 56.3. The Morgan fingerprint density at radius 1 is 0.435 bits per heavy atom. The van der Waals surface area contributed by atoms with Crippen LogP contribution in [0.4, 0.5) is 0 Å². The molecule has 11 amide bonds. The fourth-order valence-electron chi connectivity index (χ4n) is 10.9. The van der Waals surface area contributed by atoms with Crippen LogP contribution in [0.15, 0.2) is 0 Å². The highest BCUT2D eigenvalue weighted by molar-refractivity contribution is 5.99. The maximum Gasteiger partial charge on any atom is 0.246 e. The number of hydrogen-bond donors (Lipinski definition) is 5. The average Bonchev–Trinajstić information content (AvgIpc) is 3.62. The van der Waals surface area contributed by atoms with Crippen LogP contribution in [0.25, 0.3) is 0 Å². The van der Waals surface area contributed by atoms with E-state index in [-0.39, 0.29) is 55.8 Å². The van der Waals surface area contributed by atoms with Crippen molar-refractivity contribution < 1.29 is 57.8 Å². The first kappa shape index (κ1) is 77.1. The molecule has 0 saturated carbocycles. The van der Waals surface area contributed by atoms with Gasteiger partial charge < -0.3 is 60.7 Å². The van der Waals surface area contributed by atoms with Crippen molar-refractivity contribution in [3.05, 3.63) is 0 Å². The van der Waals surface area contributed by atoms with Crippen LogP contribution in [-0.2, 0) is 52.7 Å². The summed E-state index contributed by atoms with van der Waals surface area (Å²) in [5.41, 5.74) is 0. The molecule has 5 N–H and O–H groups in total. The summed E-state index contributed by atoms with van der Waals surface area (Å²) in [6, 6.07) is -12.2. The lowest BCUT2D eigenvalue weighted by molar-refractivity contribution is -0.157. The minimum absolute atomic E-state index is 0.0340. The summed E-state index contributed by atoms with van der Waals surface area (Å²) in [6.45, 7) is 29.6. The van der Waals surface area contributed by atoms with Crippen LogP contribution in [0, 0.1) is 41.4 Å². The van der Waals surface area contributed by atoms with Gasteiger partial charge in [0.2, 0.25) is 65.0 Å². The minimum Gasteiger partial charge on any atom is -0.390 e. The van der Waals surface area contributed by atoms with Crippen molar-refractivity contribution in [2.75, 3.05) is 55.9 Å². The highest BCUT2D eigenvalue weighted by atomic mass is 16.3. The van der Waals surface area contributed by atoms with E-state index in [1.807, 2.05) is 62.3 Å². The zero-order valence-electron chi connectivity index (χ0n) is 56.3. The van der Waals surface area contributed by atoms with Crippen LogP contribution in [0.2, 0.25) is 0 Å². The summed E-state index contributed by atoms with van der Waals surface area (Å²) < 4.78 is 0. The molecule has 1 aliphatic heterocycles. The number of nitrogens with one attached hydrogen (secondary N) is 4. The molecular weight excluding hydrogens is 1090 g/mol. The van der Waals surface area contributed by atoms with Gasteiger partial charge in [-0.25, -0.2) is 0 Å². The lowest BCUT2D eigenvalue weighted by Gasteiger charge is -2.41. The maximum atomic E-state index is 15.1. The zero-order chi connectivity index (χ0) is 66.0. The molecule has 1 saturated heterocycles. The SMILES string of the molecule is CCCC[C@@H](C)[C@@H](O)[C@H]1C(=O)N[C@@H](CC)C(=O)N(C)CC(=O)N(C)[C@@H](CC(C)C)C(=O)NC(C(C)C)C(=O)N(C)[C@@H](CC(C)C)C(=O)N[C@@H](C)C(=O)N[C@H](C)C(=O)N(C)[C@@H](CC(C)C)C(=O)N(C)[C@@H](CC(C)C)C(=O)N(C)C(C(C)C)C(=O)N1C. The van der Waals surface area contributed by atoms with Gasteiger partial charge in [0, 0.05) is 49.3 Å². The topological polar surface area (TPSA) is 279 Å². The first-order valence-corrected chi connectivity index (χ1v) is 31.0. The third-order valence-electron chi connectivity index (χ3n) is 16.3. The van der Waals surface area contributed by atoms with Crippen molar-refractivity contribution in [1.82, 2.24) is 55.6 Å². The quantitative estimate of drug-likeness (QED) is 0.149. The van der Waals surface area contributed by atoms with Gasteiger partial charge in [-0.15, -0.1) is 0 Å². The van der Waals surface area contributed by atoms with E-state index < -0.39 is 156 Å². The fourth-order valence-corrected chi connectivity index (χ4v) is 10.9. The first-order chi connectivity index (χ1) is 39.2. The molecule has 0 aromatic carbocycles. The van der Waals surface area contributed by atoms with Crippen LogP contribution >= 0.6 is 0 Å². The van der Waals surface area contributed by atoms with Gasteiger partial charge in [0.05, 0.1) is 12.6 Å². The van der Waals surface area contributed by atoms with E-state index in [1.54, 1.807) is 41.5 Å². The highest BCUT2D eigenvalue weighted by Crippen LogP contribution is 2.26. The average molecular weight is 1200 g/mol. The molecule has 1 rings (SSSR count). The Labute approximate surface area is 509 Å². The summed E-state index contributed by atoms with van der Waals surface area (Å²) in [5.74, 6) is -9.50. The van der Waals surface area contributed by atoms with Gasteiger partial charge >= 0.3 is 0 Å². The predicted octanol–water partition coefficient (Wildman–Crippen LogP) is 3.49. The molecule has 0 spiro atoms. The minimum atomic E-state index is -1.58. The van der Waals surface area contributed by atoms with E-state index in [9.17, 15) is 48.3 Å². The molecule has 488 valence electrons. The van der Waals surface area contributed by atoms with Crippen molar-refractivity contribution in [3.63, 3.8) is 0 Å². The van der Waals surface area contributed by atoms with Gasteiger partial charge in [-0.1, -0.05) is 117 Å². The van der Waals surface area contributed by atoms with E-state index in [0.717, 1.165) is 16.2 Å². The fraction of sp³-hybridized carbons (Fsp3) is 0.823. The molecule has 12 atom stereocenters. The second-order valence-electron chi connectivity index (χ2n) is 26.4. The van der Waals surface area contributed by atoms with Gasteiger partial charge in [-0.3, -0.25) is 52.7 Å². The number of likely N-dealkylation sites (N-methyl/N-ethyl adjacent to an activating group) is 7. The standard InChI is InChI=1S/C62H113N11O12/c1-25-27-28-40(15)52(75)51-56(79)65-43(26-2)58(81)67(18)33-48(74)68(19)44(29-34(3)4)55(78)66-49(38(11)12)61(84)69(20)45(30-35(5)6)54(77)63-41(16)53(76)64-42(17)57(80)70(21)46(31-36(7)8)59(82)71(22)47(32-37(9)10)60(83)72(23)50(39(13)14)62(85)73(51)24/h34-47,49-52,75H,25-33H2,1-24H3,(H,63,77)(H,64,76)(H,65,79)(H,66,78)/t40-,41+,42-,43+,44+,45+,46+,47+,49?,50?,51+,52-/m1/s1. The molecule has 1 aliphatic rings. The highest BCUT2D eigenvalue weighted by Gasteiger charge is 2.46. The van der Waals surface area contributed by atoms with Crippen LogP contribution in [-0.4, -0.2) is 227 Å². The Hall–Kier alpha value is -5.87. The second-order valence-corrected chi connectivity index (χ2v) is 26.4. The molecule has 85 heavy (non-hydrogen) atoms. The van der Waals surface area contributed by atoms with Crippen molar-refractivity contribution in [1.29, 1.82) is 0 Å².